The lowest BCUT2D eigenvalue weighted by molar-refractivity contribution is 0.702. The molecular formula is C24H24. The molecule has 0 saturated heterocycles. The van der Waals surface area contributed by atoms with Crippen molar-refractivity contribution in [1.29, 1.82) is 0 Å². The van der Waals surface area contributed by atoms with Crippen molar-refractivity contribution >= 4 is 0 Å². The highest BCUT2D eigenvalue weighted by Gasteiger charge is 2.43. The Bertz CT molecular complexity index is 888. The van der Waals surface area contributed by atoms with Crippen molar-refractivity contribution in [3.63, 3.8) is 0 Å². The molecule has 3 aromatic rings. The van der Waals surface area contributed by atoms with Gasteiger partial charge in [-0.1, -0.05) is 54.6 Å². The molecule has 0 nitrogen and oxygen atoms in total. The van der Waals surface area contributed by atoms with E-state index in [1.54, 1.807) is 0 Å². The zero-order valence-corrected chi connectivity index (χ0v) is 15.2. The third-order valence-corrected chi connectivity index (χ3v) is 5.85. The van der Waals surface area contributed by atoms with Crippen LogP contribution in [0.2, 0.25) is 0 Å². The maximum atomic E-state index is 2.41. The summed E-state index contributed by atoms with van der Waals surface area (Å²) < 4.78 is 0. The fourth-order valence-corrected chi connectivity index (χ4v) is 4.74. The molecule has 24 heavy (non-hydrogen) atoms. The van der Waals surface area contributed by atoms with Gasteiger partial charge in [-0.25, -0.2) is 0 Å². The average Bonchev–Trinajstić information content (AvgIpc) is 2.89. The zero-order chi connectivity index (χ0) is 17.1. The first-order valence-corrected chi connectivity index (χ1v) is 8.73. The molecule has 0 atom stereocenters. The van der Waals surface area contributed by atoms with Crippen molar-refractivity contribution in [2.24, 2.45) is 0 Å². The molecule has 120 valence electrons. The lowest BCUT2D eigenvalue weighted by Crippen LogP contribution is -2.24. The highest BCUT2D eigenvalue weighted by molar-refractivity contribution is 5.89. The van der Waals surface area contributed by atoms with E-state index in [1.807, 2.05) is 0 Å². The van der Waals surface area contributed by atoms with Gasteiger partial charge in [-0.15, -0.1) is 0 Å². The maximum absolute atomic E-state index is 2.41. The van der Waals surface area contributed by atoms with E-state index in [-0.39, 0.29) is 5.41 Å². The average molecular weight is 312 g/mol. The van der Waals surface area contributed by atoms with Crippen LogP contribution in [0.15, 0.2) is 54.6 Å². The number of rotatable bonds is 1. The highest BCUT2D eigenvalue weighted by Crippen LogP contribution is 2.56. The van der Waals surface area contributed by atoms with Gasteiger partial charge in [-0.05, 0) is 84.7 Å². The second kappa shape index (κ2) is 5.08. The van der Waals surface area contributed by atoms with Crippen LogP contribution in [-0.2, 0) is 5.41 Å². The van der Waals surface area contributed by atoms with Gasteiger partial charge >= 0.3 is 0 Å². The number of hydrogen-bond donors (Lipinski definition) is 0. The fourth-order valence-electron chi connectivity index (χ4n) is 4.74. The fraction of sp³-hybridized carbons (Fsp3) is 0.250. The SMILES string of the molecule is Cc1ccc(C)c2c1-c1c(C)ccc(C)c1C2(C)c1ccccc1. The summed E-state index contributed by atoms with van der Waals surface area (Å²) in [6.45, 7) is 11.4. The van der Waals surface area contributed by atoms with E-state index in [0.29, 0.717) is 0 Å². The predicted octanol–water partition coefficient (Wildman–Crippen LogP) is 6.25. The number of aryl methyl sites for hydroxylation is 4. The normalized spacial score (nSPS) is 14.4. The molecule has 0 heteroatoms. The minimum Gasteiger partial charge on any atom is -0.0622 e. The van der Waals surface area contributed by atoms with Crippen LogP contribution >= 0.6 is 0 Å². The van der Waals surface area contributed by atoms with Crippen molar-refractivity contribution in [2.75, 3.05) is 0 Å². The number of benzene rings is 3. The summed E-state index contributed by atoms with van der Waals surface area (Å²) in [6.07, 6.45) is 0. The Morgan fingerprint density at radius 3 is 1.42 bits per heavy atom. The van der Waals surface area contributed by atoms with Crippen LogP contribution in [0.4, 0.5) is 0 Å². The minimum absolute atomic E-state index is 0.0852. The van der Waals surface area contributed by atoms with Gasteiger partial charge < -0.3 is 0 Å². The van der Waals surface area contributed by atoms with Gasteiger partial charge in [-0.3, -0.25) is 0 Å². The Hall–Kier alpha value is -2.34. The molecule has 0 unspecified atom stereocenters. The van der Waals surface area contributed by atoms with E-state index < -0.39 is 0 Å². The molecule has 0 amide bonds. The Morgan fingerprint density at radius 1 is 0.542 bits per heavy atom. The lowest BCUT2D eigenvalue weighted by Gasteiger charge is -2.31. The molecule has 0 bridgehead atoms. The number of hydrogen-bond acceptors (Lipinski definition) is 0. The first-order chi connectivity index (χ1) is 11.5. The summed E-state index contributed by atoms with van der Waals surface area (Å²) in [4.78, 5) is 0. The molecule has 0 saturated carbocycles. The molecule has 3 aromatic carbocycles. The lowest BCUT2D eigenvalue weighted by atomic mass is 9.71. The standard InChI is InChI=1S/C24H24/c1-15-11-13-17(3)22-20(15)21-16(2)12-14-18(4)23(21)24(22,5)19-9-7-6-8-10-19/h6-14H,1-5H3. The molecule has 0 N–H and O–H groups in total. The molecule has 0 aromatic heterocycles. The van der Waals surface area contributed by atoms with E-state index in [1.165, 1.54) is 50.1 Å². The summed E-state index contributed by atoms with van der Waals surface area (Å²) in [5.74, 6) is 0. The molecule has 0 aliphatic heterocycles. The molecule has 0 radical (unpaired) electrons. The van der Waals surface area contributed by atoms with Gasteiger partial charge in [0.2, 0.25) is 0 Å². The molecule has 1 aliphatic rings. The van der Waals surface area contributed by atoms with Gasteiger partial charge in [0.05, 0.1) is 0 Å². The van der Waals surface area contributed by atoms with E-state index in [2.05, 4.69) is 89.2 Å². The second-order valence-corrected chi connectivity index (χ2v) is 7.39. The van der Waals surface area contributed by atoms with Crippen LogP contribution in [0.25, 0.3) is 11.1 Å². The van der Waals surface area contributed by atoms with Crippen molar-refractivity contribution in [2.45, 2.75) is 40.0 Å². The van der Waals surface area contributed by atoms with Gasteiger partial charge in [0.25, 0.3) is 0 Å². The maximum Gasteiger partial charge on any atom is 0.0440 e. The van der Waals surface area contributed by atoms with E-state index >= 15 is 0 Å². The third-order valence-electron chi connectivity index (χ3n) is 5.85. The van der Waals surface area contributed by atoms with Crippen LogP contribution in [0, 0.1) is 27.7 Å². The molecule has 4 rings (SSSR count). The summed E-state index contributed by atoms with van der Waals surface area (Å²) >= 11 is 0. The quantitative estimate of drug-likeness (QED) is 0.498. The molecule has 0 spiro atoms. The van der Waals surface area contributed by atoms with Crippen LogP contribution < -0.4 is 0 Å². The first kappa shape index (κ1) is 15.2. The van der Waals surface area contributed by atoms with Gasteiger partial charge in [0.1, 0.15) is 0 Å². The summed E-state index contributed by atoms with van der Waals surface area (Å²) in [5.41, 5.74) is 12.7. The number of fused-ring (bicyclic) bond motifs is 3. The zero-order valence-electron chi connectivity index (χ0n) is 15.2. The van der Waals surface area contributed by atoms with Gasteiger partial charge in [-0.2, -0.15) is 0 Å². The van der Waals surface area contributed by atoms with Crippen molar-refractivity contribution in [3.05, 3.63) is 93.5 Å². The Kier molecular flexibility index (Phi) is 3.22. The summed E-state index contributed by atoms with van der Waals surface area (Å²) in [7, 11) is 0. The Morgan fingerprint density at radius 2 is 0.958 bits per heavy atom. The van der Waals surface area contributed by atoms with Crippen LogP contribution in [0.1, 0.15) is 45.9 Å². The largest absolute Gasteiger partial charge is 0.0622 e. The summed E-state index contributed by atoms with van der Waals surface area (Å²) in [6, 6.07) is 20.1. The van der Waals surface area contributed by atoms with Crippen LogP contribution in [0.3, 0.4) is 0 Å². The monoisotopic (exact) mass is 312 g/mol. The molecular weight excluding hydrogens is 288 g/mol. The van der Waals surface area contributed by atoms with E-state index in [9.17, 15) is 0 Å². The highest BCUT2D eigenvalue weighted by atomic mass is 14.5. The topological polar surface area (TPSA) is 0 Å². The van der Waals surface area contributed by atoms with E-state index in [4.69, 9.17) is 0 Å². The molecule has 0 fully saturated rings. The van der Waals surface area contributed by atoms with Crippen LogP contribution in [-0.4, -0.2) is 0 Å². The molecule has 1 aliphatic carbocycles. The third kappa shape index (κ3) is 1.80. The summed E-state index contributed by atoms with van der Waals surface area (Å²) in [5, 5.41) is 0. The van der Waals surface area contributed by atoms with Crippen molar-refractivity contribution < 1.29 is 0 Å². The minimum atomic E-state index is -0.0852. The predicted molar refractivity (Wildman–Crippen MR) is 103 cm³/mol. The van der Waals surface area contributed by atoms with Crippen LogP contribution in [0.5, 0.6) is 0 Å². The van der Waals surface area contributed by atoms with Gasteiger partial charge in [0.15, 0.2) is 0 Å². The molecule has 0 heterocycles. The first-order valence-electron chi connectivity index (χ1n) is 8.73. The van der Waals surface area contributed by atoms with Crippen molar-refractivity contribution in [3.8, 4) is 11.1 Å². The van der Waals surface area contributed by atoms with Gasteiger partial charge in [0, 0.05) is 5.41 Å². The van der Waals surface area contributed by atoms with Crippen molar-refractivity contribution in [1.82, 2.24) is 0 Å². The Labute approximate surface area is 145 Å². The Balaban J connectivity index is 2.23. The smallest absolute Gasteiger partial charge is 0.0440 e. The van der Waals surface area contributed by atoms with E-state index in [0.717, 1.165) is 0 Å². The second-order valence-electron chi connectivity index (χ2n) is 7.39.